The zero-order valence-electron chi connectivity index (χ0n) is 17.3. The number of nitrogens with zero attached hydrogens (tertiary/aromatic N) is 5. The molecule has 0 saturated heterocycles. The molecule has 0 fully saturated rings. The third-order valence-corrected chi connectivity index (χ3v) is 5.63. The van der Waals surface area contributed by atoms with Gasteiger partial charge in [-0.05, 0) is 12.5 Å². The molecule has 3 heterocycles. The highest BCUT2D eigenvalue weighted by molar-refractivity contribution is 7.90. The fraction of sp³-hybridized carbons (Fsp3) is 0.353. The Morgan fingerprint density at radius 2 is 1.81 bits per heavy atom. The number of halogens is 1. The van der Waals surface area contributed by atoms with Gasteiger partial charge in [-0.1, -0.05) is 24.9 Å². The number of methoxy groups -OCH3 is 2. The Bertz CT molecular complexity index is 1210. The molecular formula is C17H20ClN7O6S. The van der Waals surface area contributed by atoms with Gasteiger partial charge in [0, 0.05) is 6.07 Å². The quantitative estimate of drug-likeness (QED) is 0.428. The van der Waals surface area contributed by atoms with Gasteiger partial charge < -0.3 is 14.2 Å². The first-order chi connectivity index (χ1) is 15.3. The molecule has 2 N–H and O–H groups in total. The predicted octanol–water partition coefficient (Wildman–Crippen LogP) is 1.88. The molecule has 0 spiro atoms. The normalized spacial score (nSPS) is 11.2. The maximum atomic E-state index is 12.9. The second-order valence-corrected chi connectivity index (χ2v) is 8.14. The number of ether oxygens (including phenoxy) is 3. The van der Waals surface area contributed by atoms with Crippen molar-refractivity contribution in [3.05, 3.63) is 23.4 Å². The van der Waals surface area contributed by atoms with E-state index in [1.807, 2.05) is 11.6 Å². The smallest absolute Gasteiger partial charge is 0.335 e. The van der Waals surface area contributed by atoms with E-state index in [0.29, 0.717) is 6.61 Å². The number of imidazole rings is 1. The number of carbonyl (C=O) groups is 1. The number of aromatic nitrogens is 5. The Kier molecular flexibility index (Phi) is 7.15. The van der Waals surface area contributed by atoms with Crippen LogP contribution in [0.3, 0.4) is 0 Å². The molecule has 0 aliphatic carbocycles. The molecule has 0 radical (unpaired) electrons. The van der Waals surface area contributed by atoms with Gasteiger partial charge in [-0.3, -0.25) is 5.32 Å². The molecule has 32 heavy (non-hydrogen) atoms. The van der Waals surface area contributed by atoms with Crippen molar-refractivity contribution >= 4 is 39.3 Å². The maximum absolute atomic E-state index is 12.9. The molecule has 3 rings (SSSR count). The van der Waals surface area contributed by atoms with Crippen molar-refractivity contribution in [2.45, 2.75) is 24.8 Å². The average Bonchev–Trinajstić information content (AvgIpc) is 3.08. The molecule has 0 bridgehead atoms. The van der Waals surface area contributed by atoms with Crippen LogP contribution in [0.1, 0.15) is 19.8 Å². The lowest BCUT2D eigenvalue weighted by atomic mass is 10.4. The minimum absolute atomic E-state index is 0.0969. The number of rotatable bonds is 9. The number of hydrogen-bond acceptors (Lipinski definition) is 10. The monoisotopic (exact) mass is 485 g/mol. The Morgan fingerprint density at radius 3 is 2.44 bits per heavy atom. The molecule has 3 aromatic rings. The fourth-order valence-corrected chi connectivity index (χ4v) is 3.95. The topological polar surface area (TPSA) is 159 Å². The summed E-state index contributed by atoms with van der Waals surface area (Å²) >= 11 is 6.03. The van der Waals surface area contributed by atoms with E-state index in [9.17, 15) is 13.2 Å². The van der Waals surface area contributed by atoms with Gasteiger partial charge >= 0.3 is 6.03 Å². The fourth-order valence-electron chi connectivity index (χ4n) is 2.46. The second-order valence-electron chi connectivity index (χ2n) is 6.19. The number of unbranched alkanes of at least 4 members (excludes halogenated alkanes) is 1. The summed E-state index contributed by atoms with van der Waals surface area (Å²) in [6, 6.07) is 3.26. The highest BCUT2D eigenvalue weighted by Crippen LogP contribution is 2.23. The van der Waals surface area contributed by atoms with Crippen LogP contribution < -0.4 is 24.2 Å². The molecule has 0 aliphatic rings. The summed E-state index contributed by atoms with van der Waals surface area (Å²) in [5.41, 5.74) is 0.152. The molecule has 0 unspecified atom stereocenters. The Hall–Kier alpha value is -3.39. The molecular weight excluding hydrogens is 466 g/mol. The van der Waals surface area contributed by atoms with Crippen molar-refractivity contribution in [2.75, 3.05) is 26.1 Å². The molecule has 0 saturated carbocycles. The van der Waals surface area contributed by atoms with Gasteiger partial charge in [0.25, 0.3) is 10.0 Å². The number of urea groups is 1. The first kappa shape index (κ1) is 23.3. The van der Waals surface area contributed by atoms with Gasteiger partial charge in [0.2, 0.25) is 28.6 Å². The lowest BCUT2D eigenvalue weighted by molar-refractivity contribution is 0.256. The third kappa shape index (κ3) is 5.26. The van der Waals surface area contributed by atoms with Gasteiger partial charge in [-0.2, -0.15) is 22.9 Å². The van der Waals surface area contributed by atoms with E-state index < -0.39 is 21.1 Å². The van der Waals surface area contributed by atoms with Crippen molar-refractivity contribution in [1.82, 2.24) is 29.3 Å². The molecule has 0 aromatic carbocycles. The summed E-state index contributed by atoms with van der Waals surface area (Å²) in [7, 11) is -1.78. The summed E-state index contributed by atoms with van der Waals surface area (Å²) < 4.78 is 44.0. The highest BCUT2D eigenvalue weighted by Gasteiger charge is 2.28. The van der Waals surface area contributed by atoms with E-state index in [1.54, 1.807) is 6.07 Å². The van der Waals surface area contributed by atoms with Crippen LogP contribution in [0.2, 0.25) is 5.15 Å². The van der Waals surface area contributed by atoms with E-state index in [-0.39, 0.29) is 34.4 Å². The second kappa shape index (κ2) is 9.82. The molecule has 3 aromatic heterocycles. The van der Waals surface area contributed by atoms with Crippen LogP contribution >= 0.6 is 11.6 Å². The van der Waals surface area contributed by atoms with Crippen LogP contribution in [0.25, 0.3) is 5.65 Å². The molecule has 172 valence electrons. The number of amides is 2. The number of sulfonamides is 1. The summed E-state index contributed by atoms with van der Waals surface area (Å²) in [5.74, 6) is 0.125. The zero-order valence-corrected chi connectivity index (χ0v) is 18.9. The first-order valence-electron chi connectivity index (χ1n) is 9.26. The lowest BCUT2D eigenvalue weighted by Crippen LogP contribution is -2.35. The van der Waals surface area contributed by atoms with Crippen LogP contribution in [0, 0.1) is 0 Å². The Morgan fingerprint density at radius 1 is 1.12 bits per heavy atom. The van der Waals surface area contributed by atoms with Crippen LogP contribution in [0.15, 0.2) is 23.2 Å². The van der Waals surface area contributed by atoms with Crippen molar-refractivity contribution in [2.24, 2.45) is 0 Å². The molecule has 0 atom stereocenters. The summed E-state index contributed by atoms with van der Waals surface area (Å²) in [5, 5.41) is 5.40. The van der Waals surface area contributed by atoms with Crippen LogP contribution in [0.5, 0.6) is 17.6 Å². The Labute approximate surface area is 188 Å². The van der Waals surface area contributed by atoms with E-state index in [2.05, 4.69) is 25.4 Å². The van der Waals surface area contributed by atoms with E-state index in [4.69, 9.17) is 25.8 Å². The number of nitrogens with one attached hydrogen (secondary N) is 2. The van der Waals surface area contributed by atoms with Gasteiger partial charge in [0.05, 0.1) is 26.9 Å². The van der Waals surface area contributed by atoms with Crippen molar-refractivity contribution in [3.63, 3.8) is 0 Å². The van der Waals surface area contributed by atoms with Crippen molar-refractivity contribution in [1.29, 1.82) is 0 Å². The van der Waals surface area contributed by atoms with E-state index in [1.165, 1.54) is 26.4 Å². The largest absolute Gasteiger partial charge is 0.481 e. The van der Waals surface area contributed by atoms with E-state index in [0.717, 1.165) is 17.4 Å². The van der Waals surface area contributed by atoms with Gasteiger partial charge in [0.15, 0.2) is 10.8 Å². The molecule has 13 nitrogen and oxygen atoms in total. The van der Waals surface area contributed by atoms with E-state index >= 15 is 0 Å². The van der Waals surface area contributed by atoms with Crippen LogP contribution in [-0.2, 0) is 10.0 Å². The molecule has 15 heteroatoms. The zero-order chi connectivity index (χ0) is 23.3. The lowest BCUT2D eigenvalue weighted by Gasteiger charge is -2.10. The first-order valence-corrected chi connectivity index (χ1v) is 11.1. The van der Waals surface area contributed by atoms with Gasteiger partial charge in [-0.25, -0.2) is 14.5 Å². The highest BCUT2D eigenvalue weighted by atomic mass is 35.5. The minimum Gasteiger partial charge on any atom is -0.481 e. The molecule has 2 amide bonds. The SMILES string of the molecule is CCCCOc1ccc2nc(Cl)c(S(=O)(=O)NC(=O)Nc3nc(OC)cc(OC)n3)n2n1. The van der Waals surface area contributed by atoms with Gasteiger partial charge in [-0.15, -0.1) is 5.10 Å². The summed E-state index contributed by atoms with van der Waals surface area (Å²) in [4.78, 5) is 24.1. The standard InChI is InChI=1S/C17H20ClN7O6S/c1-4-5-8-31-11-7-6-10-19-14(18)15(25(10)23-11)32(27,28)24-17(26)22-16-20-12(29-2)9-13(21-16)30-3/h6-7,9H,4-5,8H2,1-3H3,(H2,20,21,22,24,26). The minimum atomic E-state index is -4.50. The number of hydrogen-bond donors (Lipinski definition) is 2. The Balaban J connectivity index is 1.85. The molecule has 0 aliphatic heterocycles. The average molecular weight is 486 g/mol. The van der Waals surface area contributed by atoms with Crippen LogP contribution in [-0.4, -0.2) is 59.8 Å². The van der Waals surface area contributed by atoms with Crippen molar-refractivity contribution < 1.29 is 27.4 Å². The maximum Gasteiger partial charge on any atom is 0.335 e. The predicted molar refractivity (Wildman–Crippen MR) is 113 cm³/mol. The number of fused-ring (bicyclic) bond motifs is 1. The summed E-state index contributed by atoms with van der Waals surface area (Å²) in [6.07, 6.45) is 1.72. The van der Waals surface area contributed by atoms with Gasteiger partial charge in [0.1, 0.15) is 0 Å². The third-order valence-electron chi connectivity index (χ3n) is 3.92. The number of carbonyl (C=O) groups excluding carboxylic acids is 1. The number of anilines is 1. The van der Waals surface area contributed by atoms with Crippen molar-refractivity contribution in [3.8, 4) is 17.6 Å². The van der Waals surface area contributed by atoms with Crippen LogP contribution in [0.4, 0.5) is 10.7 Å². The summed E-state index contributed by atoms with van der Waals surface area (Å²) in [6.45, 7) is 2.41.